The Morgan fingerprint density at radius 2 is 2.00 bits per heavy atom. The van der Waals surface area contributed by atoms with E-state index in [1.807, 2.05) is 36.4 Å². The van der Waals surface area contributed by atoms with Crippen LogP contribution < -0.4 is 15.0 Å². The second kappa shape index (κ2) is 8.38. The quantitative estimate of drug-likeness (QED) is 0.779. The van der Waals surface area contributed by atoms with Crippen molar-refractivity contribution in [3.05, 3.63) is 60.2 Å². The second-order valence-electron chi connectivity index (χ2n) is 6.18. The van der Waals surface area contributed by atoms with Crippen LogP contribution in [-0.2, 0) is 0 Å². The molecule has 1 saturated heterocycles. The largest absolute Gasteiger partial charge is 0.494 e. The molecule has 1 N–H and O–H groups in total. The molecule has 0 saturated carbocycles. The number of hydrogen-bond donors (Lipinski definition) is 1. The Morgan fingerprint density at radius 1 is 1.19 bits per heavy atom. The van der Waals surface area contributed by atoms with Gasteiger partial charge in [-0.3, -0.25) is 9.69 Å². The lowest BCUT2D eigenvalue weighted by atomic mass is 10.1. The van der Waals surface area contributed by atoms with Gasteiger partial charge in [0, 0.05) is 37.9 Å². The van der Waals surface area contributed by atoms with Crippen LogP contribution in [0.1, 0.15) is 16.8 Å². The van der Waals surface area contributed by atoms with Gasteiger partial charge in [-0.15, -0.1) is 0 Å². The van der Waals surface area contributed by atoms with Gasteiger partial charge in [0.15, 0.2) is 0 Å². The lowest BCUT2D eigenvalue weighted by Gasteiger charge is -2.19. The van der Waals surface area contributed by atoms with E-state index in [9.17, 15) is 9.59 Å². The minimum Gasteiger partial charge on any atom is -0.494 e. The molecule has 2 aromatic carbocycles. The fraction of sp³-hybridized carbons (Fsp3) is 0.300. The van der Waals surface area contributed by atoms with E-state index in [1.165, 1.54) is 0 Å². The molecule has 136 valence electrons. The van der Waals surface area contributed by atoms with Crippen LogP contribution in [0.15, 0.2) is 54.6 Å². The van der Waals surface area contributed by atoms with E-state index in [-0.39, 0.29) is 11.9 Å². The van der Waals surface area contributed by atoms with Crippen LogP contribution in [0.2, 0.25) is 0 Å². The van der Waals surface area contributed by atoms with Crippen molar-refractivity contribution in [2.45, 2.75) is 6.42 Å². The minimum absolute atomic E-state index is 0.0637. The number of urea groups is 1. The van der Waals surface area contributed by atoms with E-state index in [1.54, 1.807) is 35.0 Å². The maximum atomic E-state index is 12.6. The lowest BCUT2D eigenvalue weighted by Crippen LogP contribution is -2.30. The third-order valence-electron chi connectivity index (χ3n) is 4.26. The molecule has 0 radical (unpaired) electrons. The van der Waals surface area contributed by atoms with Gasteiger partial charge in [-0.05, 0) is 36.8 Å². The maximum absolute atomic E-state index is 12.6. The SMILES string of the molecule is CN(CCCOc1ccccc1)C(=O)c1cccc(N2CCNC2=O)c1. The summed E-state index contributed by atoms with van der Waals surface area (Å²) in [6, 6.07) is 16.7. The number of nitrogens with one attached hydrogen (secondary N) is 1. The molecule has 1 heterocycles. The van der Waals surface area contributed by atoms with Crippen molar-refractivity contribution in [3.63, 3.8) is 0 Å². The summed E-state index contributed by atoms with van der Waals surface area (Å²) >= 11 is 0. The van der Waals surface area contributed by atoms with E-state index in [4.69, 9.17) is 4.74 Å². The third kappa shape index (κ3) is 4.33. The number of ether oxygens (including phenoxy) is 1. The summed E-state index contributed by atoms with van der Waals surface area (Å²) < 4.78 is 5.65. The average Bonchev–Trinajstić information content (AvgIpc) is 3.11. The van der Waals surface area contributed by atoms with Gasteiger partial charge >= 0.3 is 6.03 Å². The predicted molar refractivity (Wildman–Crippen MR) is 101 cm³/mol. The summed E-state index contributed by atoms with van der Waals surface area (Å²) in [6.07, 6.45) is 0.741. The van der Waals surface area contributed by atoms with Crippen LogP contribution in [0.3, 0.4) is 0 Å². The van der Waals surface area contributed by atoms with Crippen molar-refractivity contribution >= 4 is 17.6 Å². The summed E-state index contributed by atoms with van der Waals surface area (Å²) in [4.78, 5) is 27.7. The molecule has 0 atom stereocenters. The fourth-order valence-electron chi connectivity index (χ4n) is 2.86. The first-order valence-corrected chi connectivity index (χ1v) is 8.74. The lowest BCUT2D eigenvalue weighted by molar-refractivity contribution is 0.0788. The topological polar surface area (TPSA) is 61.9 Å². The molecule has 0 aromatic heterocycles. The molecule has 26 heavy (non-hydrogen) atoms. The van der Waals surface area contributed by atoms with Gasteiger partial charge in [0.1, 0.15) is 5.75 Å². The summed E-state index contributed by atoms with van der Waals surface area (Å²) in [6.45, 7) is 2.39. The fourth-order valence-corrected chi connectivity index (χ4v) is 2.86. The molecular formula is C20H23N3O3. The molecule has 0 aliphatic carbocycles. The van der Waals surface area contributed by atoms with Crippen LogP contribution in [-0.4, -0.2) is 50.1 Å². The Balaban J connectivity index is 1.52. The van der Waals surface area contributed by atoms with Gasteiger partial charge in [-0.25, -0.2) is 4.79 Å². The van der Waals surface area contributed by atoms with Crippen LogP contribution in [0.25, 0.3) is 0 Å². The Labute approximate surface area is 153 Å². The molecule has 1 aliphatic heterocycles. The molecule has 2 aromatic rings. The van der Waals surface area contributed by atoms with Crippen molar-refractivity contribution < 1.29 is 14.3 Å². The molecule has 6 heteroatoms. The number of carbonyl (C=O) groups excluding carboxylic acids is 2. The summed E-state index contributed by atoms with van der Waals surface area (Å²) in [5.74, 6) is 0.768. The molecule has 1 aliphatic rings. The molecule has 3 rings (SSSR count). The van der Waals surface area contributed by atoms with Crippen molar-refractivity contribution in [3.8, 4) is 5.75 Å². The highest BCUT2D eigenvalue weighted by Crippen LogP contribution is 2.19. The Bertz CT molecular complexity index is 764. The summed E-state index contributed by atoms with van der Waals surface area (Å²) in [5, 5.41) is 2.77. The van der Waals surface area contributed by atoms with Crippen LogP contribution in [0, 0.1) is 0 Å². The molecular weight excluding hydrogens is 330 g/mol. The molecule has 6 nitrogen and oxygen atoms in total. The van der Waals surface area contributed by atoms with Gasteiger partial charge in [0.25, 0.3) is 5.91 Å². The van der Waals surface area contributed by atoms with Gasteiger partial charge < -0.3 is 15.0 Å². The van der Waals surface area contributed by atoms with Crippen molar-refractivity contribution in [2.24, 2.45) is 0 Å². The smallest absolute Gasteiger partial charge is 0.321 e. The highest BCUT2D eigenvalue weighted by atomic mass is 16.5. The monoisotopic (exact) mass is 353 g/mol. The highest BCUT2D eigenvalue weighted by molar-refractivity contribution is 5.98. The Hall–Kier alpha value is -3.02. The van der Waals surface area contributed by atoms with E-state index >= 15 is 0 Å². The first-order chi connectivity index (χ1) is 12.6. The number of amides is 3. The number of para-hydroxylation sites is 1. The first-order valence-electron chi connectivity index (χ1n) is 8.74. The third-order valence-corrected chi connectivity index (χ3v) is 4.26. The Morgan fingerprint density at radius 3 is 2.73 bits per heavy atom. The zero-order chi connectivity index (χ0) is 18.4. The van der Waals surface area contributed by atoms with E-state index in [0.717, 1.165) is 17.9 Å². The number of rotatable bonds is 7. The second-order valence-corrected chi connectivity index (χ2v) is 6.18. The zero-order valence-corrected chi connectivity index (χ0v) is 14.9. The maximum Gasteiger partial charge on any atom is 0.321 e. The standard InChI is InChI=1S/C20H23N3O3/c1-22(12-6-14-26-18-9-3-2-4-10-18)19(24)16-7-5-8-17(15-16)23-13-11-21-20(23)25/h2-5,7-10,15H,6,11-14H2,1H3,(H,21,25). The van der Waals surface area contributed by atoms with E-state index < -0.39 is 0 Å². The highest BCUT2D eigenvalue weighted by Gasteiger charge is 2.22. The molecule has 1 fully saturated rings. The van der Waals surface area contributed by atoms with Crippen molar-refractivity contribution in [2.75, 3.05) is 38.2 Å². The van der Waals surface area contributed by atoms with E-state index in [0.29, 0.717) is 31.8 Å². The van der Waals surface area contributed by atoms with Gasteiger partial charge in [0.05, 0.1) is 6.61 Å². The first kappa shape index (κ1) is 17.8. The summed E-state index contributed by atoms with van der Waals surface area (Å²) in [5.41, 5.74) is 1.32. The van der Waals surface area contributed by atoms with Crippen molar-refractivity contribution in [1.29, 1.82) is 0 Å². The number of anilines is 1. The summed E-state index contributed by atoms with van der Waals surface area (Å²) in [7, 11) is 1.78. The number of hydrogen-bond acceptors (Lipinski definition) is 3. The normalized spacial score (nSPS) is 13.4. The predicted octanol–water partition coefficient (Wildman–Crippen LogP) is 2.76. The Kier molecular flexibility index (Phi) is 5.73. The van der Waals surface area contributed by atoms with Crippen LogP contribution in [0.4, 0.5) is 10.5 Å². The van der Waals surface area contributed by atoms with Gasteiger partial charge in [0.2, 0.25) is 0 Å². The number of carbonyl (C=O) groups is 2. The van der Waals surface area contributed by atoms with Crippen LogP contribution >= 0.6 is 0 Å². The van der Waals surface area contributed by atoms with Gasteiger partial charge in [-0.2, -0.15) is 0 Å². The number of benzene rings is 2. The molecule has 0 spiro atoms. The minimum atomic E-state index is -0.124. The molecule has 0 bridgehead atoms. The molecule has 0 unspecified atom stereocenters. The average molecular weight is 353 g/mol. The molecule has 3 amide bonds. The van der Waals surface area contributed by atoms with Crippen LogP contribution in [0.5, 0.6) is 5.75 Å². The zero-order valence-electron chi connectivity index (χ0n) is 14.9. The van der Waals surface area contributed by atoms with E-state index in [2.05, 4.69) is 5.32 Å². The number of nitrogens with zero attached hydrogens (tertiary/aromatic N) is 2. The van der Waals surface area contributed by atoms with Gasteiger partial charge in [-0.1, -0.05) is 24.3 Å². The van der Waals surface area contributed by atoms with Crippen molar-refractivity contribution in [1.82, 2.24) is 10.2 Å².